The minimum Gasteiger partial charge on any atom is -0.361 e. The molecule has 1 N–H and O–H groups in total. The summed E-state index contributed by atoms with van der Waals surface area (Å²) >= 11 is 1.73. The predicted octanol–water partition coefficient (Wildman–Crippen LogP) is 3.43. The summed E-state index contributed by atoms with van der Waals surface area (Å²) in [5.41, 5.74) is 2.39. The average molecular weight is 206 g/mol. The topological polar surface area (TPSA) is 24.9 Å². The minimum atomic E-state index is 0.999. The van der Waals surface area contributed by atoms with Gasteiger partial charge >= 0.3 is 0 Å². The van der Waals surface area contributed by atoms with E-state index in [2.05, 4.69) is 42.3 Å². The molecule has 0 unspecified atom stereocenters. The van der Waals surface area contributed by atoms with Gasteiger partial charge in [0, 0.05) is 6.54 Å². The number of rotatable bonds is 3. The van der Waals surface area contributed by atoms with Crippen molar-refractivity contribution in [2.75, 3.05) is 11.9 Å². The molecule has 3 heteroatoms. The Balaban J connectivity index is 2.32. The Morgan fingerprint density at radius 3 is 3.07 bits per heavy atom. The molecule has 0 saturated heterocycles. The zero-order valence-electron chi connectivity index (χ0n) is 8.50. The van der Waals surface area contributed by atoms with E-state index >= 15 is 0 Å². The summed E-state index contributed by atoms with van der Waals surface area (Å²) in [6.45, 7) is 5.27. The summed E-state index contributed by atoms with van der Waals surface area (Å²) in [5, 5.41) is 4.35. The Morgan fingerprint density at radius 2 is 2.29 bits per heavy atom. The summed E-state index contributed by atoms with van der Waals surface area (Å²) < 4.78 is 1.27. The molecule has 0 fully saturated rings. The van der Waals surface area contributed by atoms with Crippen LogP contribution in [0.15, 0.2) is 18.2 Å². The van der Waals surface area contributed by atoms with E-state index in [0.29, 0.717) is 0 Å². The van der Waals surface area contributed by atoms with Gasteiger partial charge in [-0.15, -0.1) is 0 Å². The summed E-state index contributed by atoms with van der Waals surface area (Å²) in [7, 11) is 0. The number of thiazole rings is 1. The molecule has 1 aromatic heterocycles. The number of aryl methyl sites for hydroxylation is 1. The molecular formula is C11H14N2S. The smallest absolute Gasteiger partial charge is 0.183 e. The van der Waals surface area contributed by atoms with Crippen molar-refractivity contribution in [1.82, 2.24) is 4.98 Å². The first-order valence-electron chi connectivity index (χ1n) is 4.90. The molecule has 2 rings (SSSR count). The number of anilines is 1. The third-order valence-electron chi connectivity index (χ3n) is 2.07. The number of aromatic nitrogens is 1. The van der Waals surface area contributed by atoms with Crippen LogP contribution < -0.4 is 5.32 Å². The predicted molar refractivity (Wildman–Crippen MR) is 63.1 cm³/mol. The Labute approximate surface area is 88.0 Å². The van der Waals surface area contributed by atoms with E-state index in [4.69, 9.17) is 0 Å². The molecule has 0 aliphatic carbocycles. The number of benzene rings is 1. The highest BCUT2D eigenvalue weighted by Crippen LogP contribution is 2.26. The molecule has 14 heavy (non-hydrogen) atoms. The van der Waals surface area contributed by atoms with E-state index in [1.54, 1.807) is 11.3 Å². The lowest BCUT2D eigenvalue weighted by molar-refractivity contribution is 0.977. The van der Waals surface area contributed by atoms with Crippen molar-refractivity contribution in [3.05, 3.63) is 23.8 Å². The first-order valence-corrected chi connectivity index (χ1v) is 5.72. The van der Waals surface area contributed by atoms with Crippen molar-refractivity contribution in [3.8, 4) is 0 Å². The van der Waals surface area contributed by atoms with Crippen molar-refractivity contribution in [2.45, 2.75) is 20.3 Å². The average Bonchev–Trinajstić information content (AvgIpc) is 2.56. The molecular weight excluding hydrogens is 192 g/mol. The lowest BCUT2D eigenvalue weighted by Gasteiger charge is -1.95. The van der Waals surface area contributed by atoms with Crippen LogP contribution in [-0.4, -0.2) is 11.5 Å². The van der Waals surface area contributed by atoms with Crippen molar-refractivity contribution < 1.29 is 0 Å². The van der Waals surface area contributed by atoms with Gasteiger partial charge in [-0.05, 0) is 31.0 Å². The second-order valence-electron chi connectivity index (χ2n) is 3.42. The highest BCUT2D eigenvalue weighted by molar-refractivity contribution is 7.22. The molecule has 0 aliphatic heterocycles. The molecule has 1 aromatic carbocycles. The van der Waals surface area contributed by atoms with Crippen molar-refractivity contribution in [1.29, 1.82) is 0 Å². The zero-order valence-corrected chi connectivity index (χ0v) is 9.32. The Bertz CT molecular complexity index is 434. The van der Waals surface area contributed by atoms with Crippen LogP contribution in [0.3, 0.4) is 0 Å². The van der Waals surface area contributed by atoms with Crippen LogP contribution in [0.4, 0.5) is 5.13 Å². The molecule has 0 radical (unpaired) electrons. The number of nitrogens with zero attached hydrogens (tertiary/aromatic N) is 1. The van der Waals surface area contributed by atoms with Gasteiger partial charge in [0.05, 0.1) is 10.2 Å². The highest BCUT2D eigenvalue weighted by Gasteiger charge is 2.01. The monoisotopic (exact) mass is 206 g/mol. The molecule has 74 valence electrons. The fraction of sp³-hybridized carbons (Fsp3) is 0.364. The third kappa shape index (κ3) is 1.87. The van der Waals surface area contributed by atoms with Gasteiger partial charge in [0.25, 0.3) is 0 Å². The molecule has 0 amide bonds. The van der Waals surface area contributed by atoms with Gasteiger partial charge in [-0.25, -0.2) is 4.98 Å². The van der Waals surface area contributed by atoms with Gasteiger partial charge in [0.15, 0.2) is 5.13 Å². The number of nitrogens with one attached hydrogen (secondary N) is 1. The van der Waals surface area contributed by atoms with Crippen molar-refractivity contribution in [3.63, 3.8) is 0 Å². The van der Waals surface area contributed by atoms with E-state index < -0.39 is 0 Å². The molecule has 1 heterocycles. The second-order valence-corrected chi connectivity index (χ2v) is 4.45. The standard InChI is InChI=1S/C11H14N2S/c1-3-6-12-11-13-9-5-4-8(2)7-10(9)14-11/h4-5,7H,3,6H2,1-2H3,(H,12,13). The third-order valence-corrected chi connectivity index (χ3v) is 3.05. The van der Waals surface area contributed by atoms with Crippen LogP contribution in [0.25, 0.3) is 10.2 Å². The van der Waals surface area contributed by atoms with Crippen LogP contribution in [-0.2, 0) is 0 Å². The van der Waals surface area contributed by atoms with E-state index in [0.717, 1.165) is 23.6 Å². The van der Waals surface area contributed by atoms with Crippen molar-refractivity contribution in [2.24, 2.45) is 0 Å². The Hall–Kier alpha value is -1.09. The van der Waals surface area contributed by atoms with Crippen LogP contribution >= 0.6 is 11.3 Å². The quantitative estimate of drug-likeness (QED) is 0.832. The molecule has 0 bridgehead atoms. The molecule has 0 saturated carbocycles. The lowest BCUT2D eigenvalue weighted by Crippen LogP contribution is -1.98. The van der Waals surface area contributed by atoms with Crippen LogP contribution in [0.1, 0.15) is 18.9 Å². The molecule has 0 spiro atoms. The normalized spacial score (nSPS) is 10.7. The SMILES string of the molecule is CCCNc1nc2ccc(C)cc2s1. The minimum absolute atomic E-state index is 0.999. The van der Waals surface area contributed by atoms with E-state index in [9.17, 15) is 0 Å². The summed E-state index contributed by atoms with van der Waals surface area (Å²) in [4.78, 5) is 4.50. The largest absolute Gasteiger partial charge is 0.361 e. The number of fused-ring (bicyclic) bond motifs is 1. The first-order chi connectivity index (χ1) is 6.79. The number of hydrogen-bond donors (Lipinski definition) is 1. The number of hydrogen-bond acceptors (Lipinski definition) is 3. The van der Waals surface area contributed by atoms with Gasteiger partial charge in [0.2, 0.25) is 0 Å². The second kappa shape index (κ2) is 3.96. The Morgan fingerprint density at radius 1 is 1.43 bits per heavy atom. The molecule has 2 aromatic rings. The van der Waals surface area contributed by atoms with E-state index in [-0.39, 0.29) is 0 Å². The van der Waals surface area contributed by atoms with Gasteiger partial charge in [0.1, 0.15) is 0 Å². The summed E-state index contributed by atoms with van der Waals surface area (Å²) in [6, 6.07) is 6.37. The molecule has 0 atom stereocenters. The van der Waals surface area contributed by atoms with Crippen LogP contribution in [0, 0.1) is 6.92 Å². The highest BCUT2D eigenvalue weighted by atomic mass is 32.1. The zero-order chi connectivity index (χ0) is 9.97. The van der Waals surface area contributed by atoms with Crippen LogP contribution in [0.2, 0.25) is 0 Å². The molecule has 2 nitrogen and oxygen atoms in total. The molecule has 0 aliphatic rings. The van der Waals surface area contributed by atoms with Gasteiger partial charge in [-0.3, -0.25) is 0 Å². The maximum atomic E-state index is 4.50. The lowest BCUT2D eigenvalue weighted by atomic mass is 10.2. The fourth-order valence-corrected chi connectivity index (χ4v) is 2.33. The summed E-state index contributed by atoms with van der Waals surface area (Å²) in [5.74, 6) is 0. The Kier molecular flexibility index (Phi) is 2.68. The van der Waals surface area contributed by atoms with Crippen LogP contribution in [0.5, 0.6) is 0 Å². The van der Waals surface area contributed by atoms with Gasteiger partial charge in [-0.2, -0.15) is 0 Å². The van der Waals surface area contributed by atoms with E-state index in [1.807, 2.05) is 0 Å². The van der Waals surface area contributed by atoms with Gasteiger partial charge in [-0.1, -0.05) is 24.3 Å². The first kappa shape index (κ1) is 9.46. The maximum absolute atomic E-state index is 4.50. The summed E-state index contributed by atoms with van der Waals surface area (Å²) in [6.07, 6.45) is 1.13. The van der Waals surface area contributed by atoms with Crippen molar-refractivity contribution >= 4 is 26.7 Å². The van der Waals surface area contributed by atoms with Gasteiger partial charge < -0.3 is 5.32 Å². The van der Waals surface area contributed by atoms with E-state index in [1.165, 1.54) is 10.3 Å². The fourth-order valence-electron chi connectivity index (χ4n) is 1.34. The maximum Gasteiger partial charge on any atom is 0.183 e.